The summed E-state index contributed by atoms with van der Waals surface area (Å²) < 4.78 is 14.2. The number of anilines is 6. The first-order valence-electron chi connectivity index (χ1n) is 25.3. The number of fused-ring (bicyclic) bond motifs is 7. The molecule has 0 saturated heterocycles. The van der Waals surface area contributed by atoms with E-state index >= 15 is 0 Å². The molecule has 4 nitrogen and oxygen atoms in total. The van der Waals surface area contributed by atoms with Gasteiger partial charge in [-0.05, 0) is 152 Å². The molecule has 0 N–H and O–H groups in total. The Morgan fingerprint density at radius 2 is 0.986 bits per heavy atom. The normalized spacial score (nSPS) is 13.8. The zero-order valence-corrected chi connectivity index (χ0v) is 44.0. The number of hydrogen-bond donors (Lipinski definition) is 0. The van der Waals surface area contributed by atoms with Gasteiger partial charge in [-0.15, -0.1) is 0 Å². The van der Waals surface area contributed by atoms with Crippen LogP contribution in [-0.2, 0) is 21.7 Å². The smallest absolute Gasteiger partial charge is 0.297 e. The second kappa shape index (κ2) is 15.6. The molecule has 11 rings (SSSR count). The highest BCUT2D eigenvalue weighted by Crippen LogP contribution is 2.53. The molecule has 2 aromatic heterocycles. The van der Waals surface area contributed by atoms with Crippen LogP contribution >= 0.6 is 0 Å². The summed E-state index contributed by atoms with van der Waals surface area (Å²) in [4.78, 5) is 5.22. The van der Waals surface area contributed by atoms with Gasteiger partial charge in [0.2, 0.25) is 0 Å². The van der Waals surface area contributed by atoms with Gasteiger partial charge in [0.25, 0.3) is 6.71 Å². The van der Waals surface area contributed by atoms with Gasteiger partial charge in [-0.1, -0.05) is 162 Å². The molecule has 4 heterocycles. The Morgan fingerprint density at radius 1 is 0.414 bits per heavy atom. The minimum atomic E-state index is -0.241. The highest BCUT2D eigenvalue weighted by atomic mass is 16.3. The van der Waals surface area contributed by atoms with Crippen LogP contribution in [0.5, 0.6) is 0 Å². The second-order valence-electron chi connectivity index (χ2n) is 24.5. The van der Waals surface area contributed by atoms with Crippen LogP contribution in [0.25, 0.3) is 44.4 Å². The predicted molar refractivity (Wildman–Crippen MR) is 300 cm³/mol. The Balaban J connectivity index is 1.32. The highest BCUT2D eigenvalue weighted by molar-refractivity contribution is 7.00. The molecule has 0 bridgehead atoms. The van der Waals surface area contributed by atoms with Crippen LogP contribution in [-0.4, -0.2) is 6.71 Å². The van der Waals surface area contributed by atoms with Crippen molar-refractivity contribution in [1.82, 2.24) is 0 Å². The minimum Gasteiger partial charge on any atom is -0.468 e. The van der Waals surface area contributed by atoms with Crippen LogP contribution in [0.15, 0.2) is 142 Å². The van der Waals surface area contributed by atoms with Gasteiger partial charge in [-0.25, -0.2) is 0 Å². The second-order valence-corrected chi connectivity index (χ2v) is 24.5. The van der Waals surface area contributed by atoms with E-state index in [-0.39, 0.29) is 28.4 Å². The maximum absolute atomic E-state index is 7.49. The van der Waals surface area contributed by atoms with Crippen molar-refractivity contribution >= 4 is 79.4 Å². The largest absolute Gasteiger partial charge is 0.468 e. The number of aryl methyl sites for hydroxylation is 3. The maximum atomic E-state index is 7.49. The quantitative estimate of drug-likeness (QED) is 0.165. The van der Waals surface area contributed by atoms with Gasteiger partial charge in [-0.2, -0.15) is 0 Å². The number of nitrogens with zero attached hydrogens (tertiary/aromatic N) is 2. The number of rotatable bonds is 4. The van der Waals surface area contributed by atoms with Crippen molar-refractivity contribution in [3.8, 4) is 22.5 Å². The van der Waals surface area contributed by atoms with Gasteiger partial charge < -0.3 is 18.6 Å². The average Bonchev–Trinajstić information content (AvgIpc) is 3.90. The van der Waals surface area contributed by atoms with Crippen molar-refractivity contribution in [2.24, 2.45) is 0 Å². The lowest BCUT2D eigenvalue weighted by molar-refractivity contribution is 0.589. The first-order chi connectivity index (χ1) is 33.0. The van der Waals surface area contributed by atoms with E-state index in [2.05, 4.69) is 241 Å². The fraction of sp³-hybridized carbons (Fsp3) is 0.292. The lowest BCUT2D eigenvalue weighted by Gasteiger charge is -2.45. The third-order valence-corrected chi connectivity index (χ3v) is 15.2. The van der Waals surface area contributed by atoms with Crippen LogP contribution in [0.1, 0.15) is 122 Å². The summed E-state index contributed by atoms with van der Waals surface area (Å²) in [5.74, 6) is 0.850. The standard InChI is InChI=1S/C65H67BN2O2/c1-38-29-45(63(7,8)9)30-39(2)58(38)68-53-37-47(65(13,14)15)36-52-57(53)66(61-60(68)49-34-44(62(4,5)6)26-28-55(49)70-61)50-32-43(56-33-42-23-19-20-24-54(42)69-56)25-27-51(50)67(52)59-40(3)31-46(64(10,11)12)35-48(59)41-21-17-16-18-22-41/h16-37H,1-15H3. The van der Waals surface area contributed by atoms with Gasteiger partial charge in [-0.3, -0.25) is 0 Å². The maximum Gasteiger partial charge on any atom is 0.297 e. The first kappa shape index (κ1) is 45.7. The Morgan fingerprint density at radius 3 is 1.61 bits per heavy atom. The van der Waals surface area contributed by atoms with Crippen LogP contribution < -0.4 is 26.4 Å². The summed E-state index contributed by atoms with van der Waals surface area (Å²) in [5.41, 5.74) is 24.2. The zero-order chi connectivity index (χ0) is 49.6. The van der Waals surface area contributed by atoms with Crippen LogP contribution in [0.2, 0.25) is 0 Å². The molecule has 0 unspecified atom stereocenters. The molecule has 0 atom stereocenters. The molecule has 7 aromatic carbocycles. The summed E-state index contributed by atoms with van der Waals surface area (Å²) in [6, 6.07) is 50.1. The molecule has 0 amide bonds. The van der Waals surface area contributed by atoms with Crippen molar-refractivity contribution in [3.05, 3.63) is 172 Å². The molecule has 70 heavy (non-hydrogen) atoms. The topological polar surface area (TPSA) is 32.8 Å². The monoisotopic (exact) mass is 919 g/mol. The van der Waals surface area contributed by atoms with Crippen molar-refractivity contribution in [1.29, 1.82) is 0 Å². The van der Waals surface area contributed by atoms with E-state index in [1.807, 2.05) is 6.07 Å². The summed E-state index contributed by atoms with van der Waals surface area (Å²) in [6.45, 7) is 34.6. The molecule has 9 aromatic rings. The average molecular weight is 919 g/mol. The Bertz CT molecular complexity index is 3520. The van der Waals surface area contributed by atoms with Crippen molar-refractivity contribution in [2.45, 2.75) is 126 Å². The van der Waals surface area contributed by atoms with Crippen molar-refractivity contribution in [2.75, 3.05) is 9.80 Å². The van der Waals surface area contributed by atoms with Crippen molar-refractivity contribution in [3.63, 3.8) is 0 Å². The van der Waals surface area contributed by atoms with Gasteiger partial charge in [0, 0.05) is 39.0 Å². The predicted octanol–water partition coefficient (Wildman–Crippen LogP) is 16.7. The lowest BCUT2D eigenvalue weighted by Crippen LogP contribution is -2.61. The number of hydrogen-bond acceptors (Lipinski definition) is 4. The summed E-state index contributed by atoms with van der Waals surface area (Å²) in [7, 11) is 0. The van der Waals surface area contributed by atoms with Crippen LogP contribution in [0.4, 0.5) is 34.1 Å². The first-order valence-corrected chi connectivity index (χ1v) is 25.3. The molecule has 0 aliphatic carbocycles. The lowest BCUT2D eigenvalue weighted by atomic mass is 9.35. The molecule has 5 heteroatoms. The van der Waals surface area contributed by atoms with E-state index in [0.29, 0.717) is 0 Å². The molecule has 0 saturated carbocycles. The van der Waals surface area contributed by atoms with E-state index in [0.717, 1.165) is 50.3 Å². The van der Waals surface area contributed by atoms with E-state index in [4.69, 9.17) is 8.83 Å². The van der Waals surface area contributed by atoms with Gasteiger partial charge in [0.15, 0.2) is 0 Å². The summed E-state index contributed by atoms with van der Waals surface area (Å²) in [5, 5.41) is 2.22. The van der Waals surface area contributed by atoms with E-state index in [1.165, 1.54) is 83.7 Å². The van der Waals surface area contributed by atoms with E-state index < -0.39 is 0 Å². The summed E-state index contributed by atoms with van der Waals surface area (Å²) in [6.07, 6.45) is 0. The number of furan rings is 2. The van der Waals surface area contributed by atoms with Gasteiger partial charge >= 0.3 is 0 Å². The van der Waals surface area contributed by atoms with Crippen molar-refractivity contribution < 1.29 is 8.83 Å². The Kier molecular flexibility index (Phi) is 10.2. The third-order valence-electron chi connectivity index (χ3n) is 15.2. The fourth-order valence-electron chi connectivity index (χ4n) is 11.2. The van der Waals surface area contributed by atoms with Gasteiger partial charge in [0.1, 0.15) is 16.9 Å². The zero-order valence-electron chi connectivity index (χ0n) is 44.0. The van der Waals surface area contributed by atoms with Crippen LogP contribution in [0.3, 0.4) is 0 Å². The number of para-hydroxylation sites is 1. The molecule has 2 aliphatic rings. The van der Waals surface area contributed by atoms with Gasteiger partial charge in [0.05, 0.1) is 22.7 Å². The van der Waals surface area contributed by atoms with E-state index in [9.17, 15) is 0 Å². The SMILES string of the molecule is Cc1cc(C(C)(C)C)cc(C)c1N1c2cc(C(C)(C)C)cc3c2B(c2cc(-c4cc5ccccc5o4)ccc2N3c2c(C)cc(C(C)(C)C)cc2-c2ccccc2)c2oc3ccc(C(C)(C)C)cc3c21. The minimum absolute atomic E-state index is 0.0138. The molecule has 2 aliphatic heterocycles. The van der Waals surface area contributed by atoms with Crippen LogP contribution in [0, 0.1) is 20.8 Å². The summed E-state index contributed by atoms with van der Waals surface area (Å²) >= 11 is 0. The molecule has 0 radical (unpaired) electrons. The fourth-order valence-corrected chi connectivity index (χ4v) is 11.2. The number of benzene rings is 7. The molecule has 0 fully saturated rings. The molecular formula is C65H67BN2O2. The third kappa shape index (κ3) is 7.33. The molecule has 352 valence electrons. The molecular weight excluding hydrogens is 852 g/mol. The Labute approximate surface area is 416 Å². The molecule has 0 spiro atoms. The highest BCUT2D eigenvalue weighted by Gasteiger charge is 2.48. The Hall–Kier alpha value is -6.72. The van der Waals surface area contributed by atoms with E-state index in [1.54, 1.807) is 0 Å².